The molecule has 0 radical (unpaired) electrons. The first kappa shape index (κ1) is 23.1. The summed E-state index contributed by atoms with van der Waals surface area (Å²) in [4.78, 5) is 20.0. The summed E-state index contributed by atoms with van der Waals surface area (Å²) in [6, 6.07) is 17.0. The van der Waals surface area contributed by atoms with Crippen LogP contribution in [-0.4, -0.2) is 34.2 Å². The Morgan fingerprint density at radius 2 is 1.85 bits per heavy atom. The molecular weight excluding hydrogens is 440 g/mol. The molecule has 0 bridgehead atoms. The number of fused-ring (bicyclic) bond motifs is 1. The molecule has 34 heavy (non-hydrogen) atoms. The second kappa shape index (κ2) is 10.2. The Bertz CT molecular complexity index is 1330. The summed E-state index contributed by atoms with van der Waals surface area (Å²) in [7, 11) is 0. The maximum absolute atomic E-state index is 13.3. The maximum atomic E-state index is 13.3. The van der Waals surface area contributed by atoms with Gasteiger partial charge in [-0.15, -0.1) is 0 Å². The third-order valence-corrected chi connectivity index (χ3v) is 5.46. The van der Waals surface area contributed by atoms with Crippen molar-refractivity contribution in [3.63, 3.8) is 0 Å². The van der Waals surface area contributed by atoms with Crippen LogP contribution >= 0.6 is 0 Å². The van der Waals surface area contributed by atoms with E-state index in [-0.39, 0.29) is 16.9 Å². The number of alkyl halides is 2. The van der Waals surface area contributed by atoms with E-state index in [1.807, 2.05) is 12.1 Å². The zero-order chi connectivity index (χ0) is 24.1. The number of ether oxygens (including phenoxy) is 1. The highest BCUT2D eigenvalue weighted by Gasteiger charge is 2.15. The van der Waals surface area contributed by atoms with Gasteiger partial charge >= 0.3 is 5.97 Å². The molecule has 2 N–H and O–H groups in total. The number of rotatable bonds is 9. The largest absolute Gasteiger partial charge is 0.493 e. The summed E-state index contributed by atoms with van der Waals surface area (Å²) in [5.74, 6) is -0.187. The van der Waals surface area contributed by atoms with Crippen molar-refractivity contribution in [1.29, 1.82) is 0 Å². The fourth-order valence-electron chi connectivity index (χ4n) is 3.86. The van der Waals surface area contributed by atoms with E-state index in [1.165, 1.54) is 18.5 Å². The number of aromatic nitrogens is 2. The number of benzene rings is 3. The highest BCUT2D eigenvalue weighted by molar-refractivity contribution is 5.92. The van der Waals surface area contributed by atoms with Gasteiger partial charge in [-0.05, 0) is 41.8 Å². The van der Waals surface area contributed by atoms with E-state index in [4.69, 9.17) is 4.74 Å². The fraction of sp³-hybridized carbons (Fsp3) is 0.192. The van der Waals surface area contributed by atoms with Crippen LogP contribution in [0.3, 0.4) is 0 Å². The molecule has 0 aliphatic heterocycles. The van der Waals surface area contributed by atoms with Gasteiger partial charge in [-0.1, -0.05) is 42.5 Å². The smallest absolute Gasteiger partial charge is 0.339 e. The minimum atomic E-state index is -2.52. The quantitative estimate of drug-likeness (QED) is 0.317. The van der Waals surface area contributed by atoms with Gasteiger partial charge in [0.2, 0.25) is 0 Å². The predicted octanol–water partition coefficient (Wildman–Crippen LogP) is 5.99. The number of carbonyl (C=O) groups is 1. The van der Waals surface area contributed by atoms with Crippen LogP contribution in [0.15, 0.2) is 67.0 Å². The lowest BCUT2D eigenvalue weighted by atomic mass is 9.98. The lowest BCUT2D eigenvalue weighted by molar-refractivity contribution is 0.0692. The molecule has 0 fully saturated rings. The number of anilines is 1. The predicted molar refractivity (Wildman–Crippen MR) is 127 cm³/mol. The van der Waals surface area contributed by atoms with Crippen molar-refractivity contribution in [1.82, 2.24) is 9.97 Å². The third-order valence-electron chi connectivity index (χ3n) is 5.46. The van der Waals surface area contributed by atoms with E-state index < -0.39 is 12.4 Å². The fourth-order valence-corrected chi connectivity index (χ4v) is 3.86. The number of carboxylic acid groups (broad SMARTS) is 1. The van der Waals surface area contributed by atoms with Gasteiger partial charge in [0.15, 0.2) is 0 Å². The van der Waals surface area contributed by atoms with Crippen molar-refractivity contribution in [2.24, 2.45) is 0 Å². The van der Waals surface area contributed by atoms with E-state index in [2.05, 4.69) is 15.3 Å². The summed E-state index contributed by atoms with van der Waals surface area (Å²) in [5.41, 5.74) is 2.40. The molecule has 1 heterocycles. The molecule has 8 heteroatoms. The minimum absolute atomic E-state index is 0.0353. The monoisotopic (exact) mass is 463 g/mol. The molecule has 174 valence electrons. The van der Waals surface area contributed by atoms with Crippen LogP contribution < -0.4 is 10.1 Å². The van der Waals surface area contributed by atoms with E-state index in [9.17, 15) is 18.7 Å². The SMILES string of the molecule is CCOc1cc(-c2cc(NCCc3ccc(C(F)F)c4ccccc34)ncn2)ccc1C(=O)O. The molecule has 0 saturated carbocycles. The Hall–Kier alpha value is -4.07. The standard InChI is InChI=1S/C26H23F2N3O3/c1-2-34-23-13-17(8-10-21(23)26(32)33)22-14-24(31-15-30-22)29-12-11-16-7-9-20(25(27)28)19-6-4-3-5-18(16)19/h3-10,13-15,25H,2,11-12H2,1H3,(H,32,33)(H,29,30,31). The van der Waals surface area contributed by atoms with Gasteiger partial charge in [0.1, 0.15) is 23.5 Å². The van der Waals surface area contributed by atoms with Gasteiger partial charge < -0.3 is 15.2 Å². The second-order valence-electron chi connectivity index (χ2n) is 7.57. The Morgan fingerprint density at radius 3 is 2.59 bits per heavy atom. The highest BCUT2D eigenvalue weighted by atomic mass is 19.3. The molecule has 3 aromatic carbocycles. The first-order valence-electron chi connectivity index (χ1n) is 10.8. The summed E-state index contributed by atoms with van der Waals surface area (Å²) >= 11 is 0. The third kappa shape index (κ3) is 4.96. The van der Waals surface area contributed by atoms with Gasteiger partial charge in [-0.2, -0.15) is 0 Å². The van der Waals surface area contributed by atoms with Crippen molar-refractivity contribution in [2.45, 2.75) is 19.8 Å². The minimum Gasteiger partial charge on any atom is -0.493 e. The van der Waals surface area contributed by atoms with Crippen LogP contribution in [0.2, 0.25) is 0 Å². The Morgan fingerprint density at radius 1 is 1.06 bits per heavy atom. The van der Waals surface area contributed by atoms with Crippen molar-refractivity contribution in [3.05, 3.63) is 83.7 Å². The van der Waals surface area contributed by atoms with Gasteiger partial charge in [-0.3, -0.25) is 0 Å². The van der Waals surface area contributed by atoms with Crippen LogP contribution in [-0.2, 0) is 6.42 Å². The number of aromatic carboxylic acids is 1. The van der Waals surface area contributed by atoms with Crippen LogP contribution in [0, 0.1) is 0 Å². The second-order valence-corrected chi connectivity index (χ2v) is 7.57. The molecule has 0 spiro atoms. The Kier molecular flexibility index (Phi) is 6.96. The van der Waals surface area contributed by atoms with Crippen molar-refractivity contribution in [2.75, 3.05) is 18.5 Å². The van der Waals surface area contributed by atoms with Gasteiger partial charge in [0.05, 0.1) is 12.3 Å². The van der Waals surface area contributed by atoms with Crippen LogP contribution in [0.5, 0.6) is 5.75 Å². The van der Waals surface area contributed by atoms with Crippen molar-refractivity contribution < 1.29 is 23.4 Å². The number of carboxylic acids is 1. The topological polar surface area (TPSA) is 84.3 Å². The summed E-state index contributed by atoms with van der Waals surface area (Å²) in [6.45, 7) is 2.67. The van der Waals surface area contributed by atoms with Crippen LogP contribution in [0.25, 0.3) is 22.0 Å². The van der Waals surface area contributed by atoms with E-state index in [0.29, 0.717) is 42.0 Å². The van der Waals surface area contributed by atoms with E-state index in [0.717, 1.165) is 10.9 Å². The zero-order valence-electron chi connectivity index (χ0n) is 18.5. The maximum Gasteiger partial charge on any atom is 0.339 e. The molecule has 0 amide bonds. The lowest BCUT2D eigenvalue weighted by Gasteiger charge is -2.12. The van der Waals surface area contributed by atoms with E-state index in [1.54, 1.807) is 43.3 Å². The molecule has 0 saturated heterocycles. The normalized spacial score (nSPS) is 11.1. The molecule has 1 aromatic heterocycles. The molecular formula is C26H23F2N3O3. The summed E-state index contributed by atoms with van der Waals surface area (Å²) in [6.07, 6.45) is -0.481. The Balaban J connectivity index is 1.51. The van der Waals surface area contributed by atoms with Gasteiger partial charge in [0.25, 0.3) is 6.43 Å². The average molecular weight is 463 g/mol. The zero-order valence-corrected chi connectivity index (χ0v) is 18.5. The number of nitrogens with zero attached hydrogens (tertiary/aromatic N) is 2. The lowest BCUT2D eigenvalue weighted by Crippen LogP contribution is -2.07. The molecule has 0 unspecified atom stereocenters. The van der Waals surface area contributed by atoms with Gasteiger partial charge in [-0.25, -0.2) is 23.5 Å². The van der Waals surface area contributed by atoms with Crippen LogP contribution in [0.4, 0.5) is 14.6 Å². The Labute approximate surface area is 195 Å². The average Bonchev–Trinajstić information content (AvgIpc) is 2.84. The number of halogens is 2. The summed E-state index contributed by atoms with van der Waals surface area (Å²) < 4.78 is 32.2. The highest BCUT2D eigenvalue weighted by Crippen LogP contribution is 2.30. The van der Waals surface area contributed by atoms with Crippen LogP contribution in [0.1, 0.15) is 34.8 Å². The van der Waals surface area contributed by atoms with Crippen molar-refractivity contribution >= 4 is 22.6 Å². The molecule has 4 rings (SSSR count). The molecule has 0 aliphatic rings. The first-order valence-corrected chi connectivity index (χ1v) is 10.8. The molecule has 6 nitrogen and oxygen atoms in total. The summed E-state index contributed by atoms with van der Waals surface area (Å²) in [5, 5.41) is 14.0. The molecule has 0 atom stereocenters. The number of nitrogens with one attached hydrogen (secondary N) is 1. The number of hydrogen-bond acceptors (Lipinski definition) is 5. The molecule has 4 aromatic rings. The van der Waals surface area contributed by atoms with Gasteiger partial charge in [0, 0.05) is 23.7 Å². The number of hydrogen-bond donors (Lipinski definition) is 2. The molecule has 0 aliphatic carbocycles. The first-order chi connectivity index (χ1) is 16.5. The van der Waals surface area contributed by atoms with Crippen molar-refractivity contribution in [3.8, 4) is 17.0 Å². The van der Waals surface area contributed by atoms with E-state index >= 15 is 0 Å².